The second-order valence-electron chi connectivity index (χ2n) is 4.58. The van der Waals surface area contributed by atoms with Crippen LogP contribution in [0.25, 0.3) is 0 Å². The van der Waals surface area contributed by atoms with E-state index in [1.54, 1.807) is 42.5 Å². The van der Waals surface area contributed by atoms with Gasteiger partial charge in [0.15, 0.2) is 0 Å². The van der Waals surface area contributed by atoms with Crippen molar-refractivity contribution < 1.29 is 13.5 Å². The molecule has 3 rings (SSSR count). The largest absolute Gasteiger partial charge is 0.372 e. The van der Waals surface area contributed by atoms with Gasteiger partial charge in [0.1, 0.15) is 6.23 Å². The third kappa shape index (κ3) is 2.23. The summed E-state index contributed by atoms with van der Waals surface area (Å²) >= 11 is 0. The number of para-hydroxylation sites is 2. The lowest BCUT2D eigenvalue weighted by Gasteiger charge is -2.23. The highest BCUT2D eigenvalue weighted by Gasteiger charge is 2.36. The van der Waals surface area contributed by atoms with Gasteiger partial charge in [0, 0.05) is 6.42 Å². The van der Waals surface area contributed by atoms with Gasteiger partial charge in [0.05, 0.1) is 11.4 Å². The summed E-state index contributed by atoms with van der Waals surface area (Å²) in [5.41, 5.74) is 1.80. The minimum atomic E-state index is -3.84. The van der Waals surface area contributed by atoms with Crippen molar-refractivity contribution in [2.75, 3.05) is 9.03 Å². The number of hydrogen-bond acceptors (Lipinski definition) is 3. The second-order valence-corrected chi connectivity index (χ2v) is 6.13. The molecule has 1 aliphatic heterocycles. The van der Waals surface area contributed by atoms with Crippen molar-refractivity contribution in [2.45, 2.75) is 12.6 Å². The molecule has 0 amide bonds. The number of nitrogens with zero attached hydrogens (tertiary/aromatic N) is 1. The highest BCUT2D eigenvalue weighted by molar-refractivity contribution is 7.94. The summed E-state index contributed by atoms with van der Waals surface area (Å²) in [6, 6.07) is 15.7. The number of aliphatic hydroxyl groups excluding tert-OH is 1. The van der Waals surface area contributed by atoms with Crippen LogP contribution in [0.15, 0.2) is 54.6 Å². The lowest BCUT2D eigenvalue weighted by atomic mass is 10.2. The molecule has 1 unspecified atom stereocenters. The highest BCUT2D eigenvalue weighted by atomic mass is 32.2. The molecule has 20 heavy (non-hydrogen) atoms. The first-order valence-corrected chi connectivity index (χ1v) is 7.65. The van der Waals surface area contributed by atoms with Crippen LogP contribution in [0.2, 0.25) is 0 Å². The molecule has 1 atom stereocenters. The Hall–Kier alpha value is -2.05. The molecule has 6 heteroatoms. The molecule has 0 fully saturated rings. The number of fused-ring (bicyclic) bond motifs is 1. The number of rotatable bonds is 3. The van der Waals surface area contributed by atoms with Crippen molar-refractivity contribution in [1.82, 2.24) is 0 Å². The molecule has 2 aromatic rings. The fraction of sp³-hybridized carbons (Fsp3) is 0.143. The van der Waals surface area contributed by atoms with Gasteiger partial charge in [-0.15, -0.1) is 0 Å². The monoisotopic (exact) mass is 290 g/mol. The van der Waals surface area contributed by atoms with Crippen LogP contribution in [0.4, 0.5) is 11.4 Å². The molecule has 0 saturated heterocycles. The van der Waals surface area contributed by atoms with E-state index in [9.17, 15) is 13.5 Å². The Kier molecular flexibility index (Phi) is 3.11. The van der Waals surface area contributed by atoms with E-state index in [2.05, 4.69) is 4.72 Å². The molecular formula is C14H14N2O3S. The van der Waals surface area contributed by atoms with Crippen molar-refractivity contribution in [3.63, 3.8) is 0 Å². The number of hydrogen-bond donors (Lipinski definition) is 2. The van der Waals surface area contributed by atoms with E-state index in [-0.39, 0.29) is 0 Å². The number of nitrogens with one attached hydrogen (secondary N) is 1. The summed E-state index contributed by atoms with van der Waals surface area (Å²) in [5, 5.41) is 10.0. The smallest absolute Gasteiger partial charge is 0.326 e. The third-order valence-corrected chi connectivity index (χ3v) is 4.63. The van der Waals surface area contributed by atoms with Gasteiger partial charge in [0.25, 0.3) is 0 Å². The van der Waals surface area contributed by atoms with Gasteiger partial charge >= 0.3 is 10.2 Å². The van der Waals surface area contributed by atoms with Crippen LogP contribution in [-0.2, 0) is 16.6 Å². The summed E-state index contributed by atoms with van der Waals surface area (Å²) in [6.07, 6.45) is -0.778. The van der Waals surface area contributed by atoms with E-state index >= 15 is 0 Å². The van der Waals surface area contributed by atoms with E-state index in [0.717, 1.165) is 9.87 Å². The van der Waals surface area contributed by atoms with Crippen LogP contribution in [0, 0.1) is 0 Å². The van der Waals surface area contributed by atoms with Gasteiger partial charge in [-0.1, -0.05) is 36.4 Å². The molecular weight excluding hydrogens is 276 g/mol. The lowest BCUT2D eigenvalue weighted by Crippen LogP contribution is -2.41. The predicted molar refractivity (Wildman–Crippen MR) is 77.6 cm³/mol. The Balaban J connectivity index is 1.96. The first kappa shape index (κ1) is 13.0. The fourth-order valence-corrected chi connectivity index (χ4v) is 3.70. The van der Waals surface area contributed by atoms with Crippen molar-refractivity contribution in [3.8, 4) is 0 Å². The van der Waals surface area contributed by atoms with Crippen LogP contribution in [-0.4, -0.2) is 19.8 Å². The molecule has 0 spiro atoms. The Morgan fingerprint density at radius 3 is 2.45 bits per heavy atom. The first-order valence-electron chi connectivity index (χ1n) is 6.21. The normalized spacial score (nSPS) is 17.9. The van der Waals surface area contributed by atoms with Crippen LogP contribution < -0.4 is 9.03 Å². The second kappa shape index (κ2) is 4.81. The van der Waals surface area contributed by atoms with Crippen LogP contribution >= 0.6 is 0 Å². The molecule has 2 aromatic carbocycles. The quantitative estimate of drug-likeness (QED) is 0.904. The number of aliphatic hydroxyl groups is 1. The maximum atomic E-state index is 12.4. The van der Waals surface area contributed by atoms with Gasteiger partial charge < -0.3 is 5.11 Å². The average molecular weight is 290 g/mol. The van der Waals surface area contributed by atoms with Crippen molar-refractivity contribution in [3.05, 3.63) is 60.2 Å². The van der Waals surface area contributed by atoms with E-state index in [1.807, 2.05) is 12.1 Å². The van der Waals surface area contributed by atoms with Crippen molar-refractivity contribution in [2.24, 2.45) is 0 Å². The molecule has 5 nitrogen and oxygen atoms in total. The molecule has 0 radical (unpaired) electrons. The Bertz CT molecular complexity index is 716. The Morgan fingerprint density at radius 2 is 1.70 bits per heavy atom. The summed E-state index contributed by atoms with van der Waals surface area (Å²) in [4.78, 5) is 0. The maximum absolute atomic E-state index is 12.4. The molecule has 1 heterocycles. The molecule has 2 N–H and O–H groups in total. The minimum absolute atomic E-state index is 0.297. The van der Waals surface area contributed by atoms with Crippen LogP contribution in [0.3, 0.4) is 0 Å². The molecule has 0 bridgehead atoms. The maximum Gasteiger partial charge on any atom is 0.326 e. The van der Waals surface area contributed by atoms with E-state index in [0.29, 0.717) is 17.8 Å². The third-order valence-electron chi connectivity index (χ3n) is 3.18. The Morgan fingerprint density at radius 1 is 1.05 bits per heavy atom. The van der Waals surface area contributed by atoms with Crippen LogP contribution in [0.5, 0.6) is 0 Å². The fourth-order valence-electron chi connectivity index (χ4n) is 2.33. The molecule has 0 aliphatic carbocycles. The molecule has 0 aromatic heterocycles. The van der Waals surface area contributed by atoms with Crippen molar-refractivity contribution >= 4 is 21.6 Å². The number of benzene rings is 2. The summed E-state index contributed by atoms with van der Waals surface area (Å²) in [5.74, 6) is 0. The predicted octanol–water partition coefficient (Wildman–Crippen LogP) is 1.72. The highest BCUT2D eigenvalue weighted by Crippen LogP contribution is 2.33. The average Bonchev–Trinajstić information content (AvgIpc) is 2.75. The minimum Gasteiger partial charge on any atom is -0.372 e. The summed E-state index contributed by atoms with van der Waals surface area (Å²) in [7, 11) is -3.84. The van der Waals surface area contributed by atoms with Gasteiger partial charge in [-0.3, -0.25) is 4.72 Å². The SMILES string of the molecule is O=S(=O)(Nc1ccccc1)N1c2ccccc2CC1O. The standard InChI is InChI=1S/C14H14N2O3S/c17-14-10-11-6-4-5-9-13(11)16(14)20(18,19)15-12-7-2-1-3-8-12/h1-9,14-15,17H,10H2. The Labute approximate surface area is 117 Å². The van der Waals surface area contributed by atoms with E-state index in [4.69, 9.17) is 0 Å². The zero-order valence-corrected chi connectivity index (χ0v) is 11.4. The first-order chi connectivity index (χ1) is 9.58. The lowest BCUT2D eigenvalue weighted by molar-refractivity contribution is 0.196. The molecule has 1 aliphatic rings. The van der Waals surface area contributed by atoms with E-state index in [1.165, 1.54) is 0 Å². The van der Waals surface area contributed by atoms with Gasteiger partial charge in [-0.25, -0.2) is 4.31 Å². The topological polar surface area (TPSA) is 69.6 Å². The molecule has 0 saturated carbocycles. The molecule has 104 valence electrons. The summed E-state index contributed by atoms with van der Waals surface area (Å²) < 4.78 is 28.4. The zero-order valence-electron chi connectivity index (χ0n) is 10.6. The van der Waals surface area contributed by atoms with E-state index < -0.39 is 16.4 Å². The summed E-state index contributed by atoms with van der Waals surface area (Å²) in [6.45, 7) is 0. The van der Waals surface area contributed by atoms with Gasteiger partial charge in [0.2, 0.25) is 0 Å². The van der Waals surface area contributed by atoms with Gasteiger partial charge in [-0.2, -0.15) is 8.42 Å². The van der Waals surface area contributed by atoms with Gasteiger partial charge in [-0.05, 0) is 23.8 Å². The van der Waals surface area contributed by atoms with Crippen LogP contribution in [0.1, 0.15) is 5.56 Å². The zero-order chi connectivity index (χ0) is 14.2. The van der Waals surface area contributed by atoms with Crippen molar-refractivity contribution in [1.29, 1.82) is 0 Å². The number of anilines is 2.